The molecule has 30 heavy (non-hydrogen) atoms. The highest BCUT2D eigenvalue weighted by Gasteiger charge is 2.13. The molecular weight excluding hydrogens is 375 g/mol. The van der Waals surface area contributed by atoms with Crippen molar-refractivity contribution >= 4 is 5.95 Å². The van der Waals surface area contributed by atoms with Crippen molar-refractivity contribution in [3.8, 4) is 11.3 Å². The maximum atomic E-state index is 13.3. The molecule has 0 saturated carbocycles. The van der Waals surface area contributed by atoms with Gasteiger partial charge in [0.25, 0.3) is 0 Å². The Balaban J connectivity index is 1.35. The van der Waals surface area contributed by atoms with Gasteiger partial charge in [0.15, 0.2) is 0 Å². The summed E-state index contributed by atoms with van der Waals surface area (Å²) in [6.45, 7) is 2.96. The molecule has 1 aliphatic rings. The topological polar surface area (TPSA) is 49.8 Å². The third-order valence-corrected chi connectivity index (χ3v) is 5.76. The van der Waals surface area contributed by atoms with Gasteiger partial charge in [-0.05, 0) is 86.5 Å². The van der Waals surface area contributed by atoms with Crippen molar-refractivity contribution in [1.29, 1.82) is 0 Å². The van der Waals surface area contributed by atoms with E-state index in [1.165, 1.54) is 30.9 Å². The third kappa shape index (κ3) is 5.86. The molecule has 1 aromatic heterocycles. The number of piperidine rings is 1. The van der Waals surface area contributed by atoms with Gasteiger partial charge < -0.3 is 10.6 Å². The summed E-state index contributed by atoms with van der Waals surface area (Å²) < 4.78 is 13.3. The lowest BCUT2D eigenvalue weighted by molar-refractivity contribution is 0.354. The third-order valence-electron chi connectivity index (χ3n) is 5.76. The second kappa shape index (κ2) is 10.3. The number of rotatable bonds is 8. The van der Waals surface area contributed by atoms with Crippen molar-refractivity contribution in [3.63, 3.8) is 0 Å². The smallest absolute Gasteiger partial charge is 0.223 e. The van der Waals surface area contributed by atoms with Gasteiger partial charge in [0.05, 0.1) is 5.69 Å². The predicted molar refractivity (Wildman–Crippen MR) is 120 cm³/mol. The first-order valence-corrected chi connectivity index (χ1v) is 10.9. The van der Waals surface area contributed by atoms with E-state index >= 15 is 0 Å². The molecule has 4 rings (SSSR count). The Hall–Kier alpha value is -2.79. The first-order chi connectivity index (χ1) is 14.8. The van der Waals surface area contributed by atoms with E-state index in [9.17, 15) is 4.39 Å². The quantitative estimate of drug-likeness (QED) is 0.562. The van der Waals surface area contributed by atoms with Gasteiger partial charge in [0.2, 0.25) is 5.95 Å². The van der Waals surface area contributed by atoms with E-state index in [0.29, 0.717) is 12.5 Å². The number of hydrogen-bond acceptors (Lipinski definition) is 4. The molecule has 1 saturated heterocycles. The minimum absolute atomic E-state index is 0.203. The van der Waals surface area contributed by atoms with E-state index < -0.39 is 0 Å². The number of nitrogens with one attached hydrogen (secondary N) is 2. The van der Waals surface area contributed by atoms with Crippen LogP contribution in [0.2, 0.25) is 0 Å². The van der Waals surface area contributed by atoms with E-state index in [4.69, 9.17) is 0 Å². The molecule has 1 aliphatic heterocycles. The van der Waals surface area contributed by atoms with Crippen LogP contribution in [0.4, 0.5) is 10.3 Å². The average molecular weight is 405 g/mol. The fourth-order valence-corrected chi connectivity index (χ4v) is 4.04. The summed E-state index contributed by atoms with van der Waals surface area (Å²) in [5, 5.41) is 6.69. The number of nitrogens with zero attached hydrogens (tertiary/aromatic N) is 2. The Labute approximate surface area is 178 Å². The van der Waals surface area contributed by atoms with Gasteiger partial charge in [0, 0.05) is 18.3 Å². The molecule has 0 radical (unpaired) electrons. The molecule has 4 nitrogen and oxygen atoms in total. The lowest BCUT2D eigenvalue weighted by atomic mass is 9.91. The van der Waals surface area contributed by atoms with Gasteiger partial charge in [-0.2, -0.15) is 0 Å². The molecule has 2 heterocycles. The monoisotopic (exact) mass is 404 g/mol. The Bertz CT molecular complexity index is 953. The summed E-state index contributed by atoms with van der Waals surface area (Å²) >= 11 is 0. The van der Waals surface area contributed by atoms with Gasteiger partial charge in [-0.1, -0.05) is 30.3 Å². The van der Waals surface area contributed by atoms with E-state index in [0.717, 1.165) is 48.7 Å². The number of hydrogen-bond donors (Lipinski definition) is 2. The first kappa shape index (κ1) is 20.5. The fraction of sp³-hybridized carbons (Fsp3) is 0.360. The standard InChI is InChI=1S/C25H29FN4/c26-23-6-2-4-21(18-23)11-15-28-25-29-16-12-24(30-25)22-5-1-3-20(17-22)8-7-19-9-13-27-14-10-19/h1-6,12,16-19,27H,7-11,13-15H2,(H,28,29,30). The SMILES string of the molecule is Fc1cccc(CCNc2nccc(-c3cccc(CCC4CCNCC4)c3)n2)c1. The van der Waals surface area contributed by atoms with Crippen molar-refractivity contribution in [1.82, 2.24) is 15.3 Å². The fourth-order valence-electron chi connectivity index (χ4n) is 4.04. The number of halogens is 1. The lowest BCUT2D eigenvalue weighted by Gasteiger charge is -2.22. The Morgan fingerprint density at radius 3 is 2.60 bits per heavy atom. The number of aryl methyl sites for hydroxylation is 1. The van der Waals surface area contributed by atoms with E-state index in [2.05, 4.69) is 44.9 Å². The van der Waals surface area contributed by atoms with Crippen LogP contribution < -0.4 is 10.6 Å². The summed E-state index contributed by atoms with van der Waals surface area (Å²) in [6.07, 6.45) is 7.45. The molecule has 0 amide bonds. The van der Waals surface area contributed by atoms with Gasteiger partial charge in [-0.3, -0.25) is 0 Å². The molecule has 0 atom stereocenters. The second-order valence-electron chi connectivity index (χ2n) is 8.00. The Kier molecular flexibility index (Phi) is 7.03. The minimum Gasteiger partial charge on any atom is -0.354 e. The second-order valence-corrected chi connectivity index (χ2v) is 8.00. The highest BCUT2D eigenvalue weighted by Crippen LogP contribution is 2.23. The van der Waals surface area contributed by atoms with Crippen LogP contribution in [0.15, 0.2) is 60.8 Å². The van der Waals surface area contributed by atoms with Crippen molar-refractivity contribution in [2.45, 2.75) is 32.1 Å². The molecule has 1 fully saturated rings. The van der Waals surface area contributed by atoms with Crippen LogP contribution in [0.1, 0.15) is 30.4 Å². The van der Waals surface area contributed by atoms with Gasteiger partial charge in [0.1, 0.15) is 5.82 Å². The van der Waals surface area contributed by atoms with Gasteiger partial charge in [-0.15, -0.1) is 0 Å². The van der Waals surface area contributed by atoms with Crippen LogP contribution in [-0.2, 0) is 12.8 Å². The van der Waals surface area contributed by atoms with Crippen LogP contribution in [0.5, 0.6) is 0 Å². The zero-order valence-electron chi connectivity index (χ0n) is 17.3. The Morgan fingerprint density at radius 2 is 1.77 bits per heavy atom. The molecule has 0 unspecified atom stereocenters. The minimum atomic E-state index is -0.203. The molecule has 0 bridgehead atoms. The van der Waals surface area contributed by atoms with Gasteiger partial charge in [-0.25, -0.2) is 14.4 Å². The first-order valence-electron chi connectivity index (χ1n) is 10.9. The number of benzene rings is 2. The highest BCUT2D eigenvalue weighted by atomic mass is 19.1. The van der Waals surface area contributed by atoms with Crippen molar-refractivity contribution in [2.24, 2.45) is 5.92 Å². The molecule has 156 valence electrons. The number of anilines is 1. The summed E-state index contributed by atoms with van der Waals surface area (Å²) in [5.41, 5.74) is 4.36. The van der Waals surface area contributed by atoms with Crippen molar-refractivity contribution in [3.05, 3.63) is 77.7 Å². The molecule has 2 N–H and O–H groups in total. The van der Waals surface area contributed by atoms with Crippen LogP contribution in [0.25, 0.3) is 11.3 Å². The van der Waals surface area contributed by atoms with Crippen molar-refractivity contribution in [2.75, 3.05) is 25.0 Å². The summed E-state index contributed by atoms with van der Waals surface area (Å²) in [6, 6.07) is 17.3. The average Bonchev–Trinajstić information content (AvgIpc) is 2.79. The summed E-state index contributed by atoms with van der Waals surface area (Å²) in [5.74, 6) is 1.23. The summed E-state index contributed by atoms with van der Waals surface area (Å²) in [7, 11) is 0. The molecule has 0 aliphatic carbocycles. The van der Waals surface area contributed by atoms with Crippen LogP contribution in [0.3, 0.4) is 0 Å². The van der Waals surface area contributed by atoms with E-state index in [1.807, 2.05) is 12.1 Å². The zero-order valence-corrected chi connectivity index (χ0v) is 17.3. The molecule has 2 aromatic carbocycles. The van der Waals surface area contributed by atoms with Gasteiger partial charge >= 0.3 is 0 Å². The van der Waals surface area contributed by atoms with Crippen molar-refractivity contribution < 1.29 is 4.39 Å². The maximum absolute atomic E-state index is 13.3. The zero-order chi connectivity index (χ0) is 20.6. The maximum Gasteiger partial charge on any atom is 0.223 e. The largest absolute Gasteiger partial charge is 0.354 e. The molecule has 5 heteroatoms. The van der Waals surface area contributed by atoms with Crippen LogP contribution in [-0.4, -0.2) is 29.6 Å². The summed E-state index contributed by atoms with van der Waals surface area (Å²) in [4.78, 5) is 9.01. The lowest BCUT2D eigenvalue weighted by Crippen LogP contribution is -2.27. The van der Waals surface area contributed by atoms with Crippen LogP contribution in [0, 0.1) is 11.7 Å². The normalized spacial score (nSPS) is 14.6. The molecule has 0 spiro atoms. The molecular formula is C25H29FN4. The van der Waals surface area contributed by atoms with Crippen LogP contribution >= 0.6 is 0 Å². The predicted octanol–water partition coefficient (Wildman–Crippen LogP) is 4.87. The Morgan fingerprint density at radius 1 is 0.967 bits per heavy atom. The van der Waals surface area contributed by atoms with E-state index in [-0.39, 0.29) is 5.82 Å². The molecule has 3 aromatic rings. The van der Waals surface area contributed by atoms with E-state index in [1.54, 1.807) is 18.3 Å². The number of aromatic nitrogens is 2. The highest BCUT2D eigenvalue weighted by molar-refractivity contribution is 5.61.